The van der Waals surface area contributed by atoms with Gasteiger partial charge in [-0.15, -0.1) is 0 Å². The van der Waals surface area contributed by atoms with E-state index in [-0.39, 0.29) is 5.91 Å². The first-order valence-corrected chi connectivity index (χ1v) is 4.29. The summed E-state index contributed by atoms with van der Waals surface area (Å²) in [5, 5.41) is 0. The van der Waals surface area contributed by atoms with E-state index >= 15 is 0 Å². The lowest BCUT2D eigenvalue weighted by molar-refractivity contribution is 0.0982. The number of nitrogens with one attached hydrogen (secondary N) is 1. The van der Waals surface area contributed by atoms with E-state index in [0.717, 1.165) is 5.75 Å². The third-order valence-electron chi connectivity index (χ3n) is 1.51. The molecule has 1 rings (SSSR count). The molecule has 0 radical (unpaired) electrons. The van der Waals surface area contributed by atoms with Crippen LogP contribution in [0.5, 0.6) is 5.75 Å². The third-order valence-corrected chi connectivity index (χ3v) is 1.68. The lowest BCUT2D eigenvalue weighted by Gasteiger charge is -2.02. The Balaban J connectivity index is 2.75. The summed E-state index contributed by atoms with van der Waals surface area (Å²) >= 11 is 5.16. The monoisotopic (exact) mass is 199 g/mol. The Bertz CT molecular complexity index is 284. The number of hydrogen-bond donors (Lipinski definition) is 1. The third kappa shape index (κ3) is 2.63. The summed E-state index contributed by atoms with van der Waals surface area (Å²) in [6.45, 7) is 2.51. The SMILES string of the molecule is CCOc1ccc(C(=O)NCl)cc1. The molecule has 0 unspecified atom stereocenters. The highest BCUT2D eigenvalue weighted by Crippen LogP contribution is 2.11. The van der Waals surface area contributed by atoms with Crippen LogP contribution in [-0.4, -0.2) is 12.5 Å². The number of carbonyl (C=O) groups excluding carboxylic acids is 1. The van der Waals surface area contributed by atoms with Crippen molar-refractivity contribution in [3.8, 4) is 5.75 Å². The van der Waals surface area contributed by atoms with Gasteiger partial charge in [-0.2, -0.15) is 0 Å². The Hall–Kier alpha value is -1.22. The second-order valence-electron chi connectivity index (χ2n) is 2.38. The van der Waals surface area contributed by atoms with Crippen molar-refractivity contribution < 1.29 is 9.53 Å². The molecule has 0 aromatic heterocycles. The van der Waals surface area contributed by atoms with Crippen LogP contribution in [0, 0.1) is 0 Å². The number of rotatable bonds is 3. The molecule has 1 amide bonds. The molecule has 0 saturated heterocycles. The van der Waals surface area contributed by atoms with E-state index in [1.807, 2.05) is 11.8 Å². The molecule has 0 aliphatic carbocycles. The summed E-state index contributed by atoms with van der Waals surface area (Å²) < 4.78 is 5.21. The Kier molecular flexibility index (Phi) is 3.58. The molecule has 70 valence electrons. The highest BCUT2D eigenvalue weighted by atomic mass is 35.5. The number of carbonyl (C=O) groups is 1. The number of amides is 1. The van der Waals surface area contributed by atoms with Crippen LogP contribution in [-0.2, 0) is 0 Å². The van der Waals surface area contributed by atoms with Gasteiger partial charge in [0.1, 0.15) is 5.75 Å². The molecule has 4 heteroatoms. The Labute approximate surface area is 81.8 Å². The van der Waals surface area contributed by atoms with E-state index < -0.39 is 0 Å². The lowest BCUT2D eigenvalue weighted by atomic mass is 10.2. The van der Waals surface area contributed by atoms with Gasteiger partial charge in [-0.1, -0.05) is 0 Å². The molecule has 3 nitrogen and oxygen atoms in total. The summed E-state index contributed by atoms with van der Waals surface area (Å²) in [4.78, 5) is 13.0. The Morgan fingerprint density at radius 3 is 2.54 bits per heavy atom. The molecule has 13 heavy (non-hydrogen) atoms. The summed E-state index contributed by atoms with van der Waals surface area (Å²) in [5.41, 5.74) is 0.512. The molecule has 0 saturated carbocycles. The van der Waals surface area contributed by atoms with Crippen LogP contribution in [0.2, 0.25) is 0 Å². The second kappa shape index (κ2) is 4.72. The fourth-order valence-electron chi connectivity index (χ4n) is 0.924. The average molecular weight is 200 g/mol. The zero-order valence-electron chi connectivity index (χ0n) is 7.21. The van der Waals surface area contributed by atoms with E-state index in [1.54, 1.807) is 24.3 Å². The van der Waals surface area contributed by atoms with Gasteiger partial charge in [0, 0.05) is 17.3 Å². The normalized spacial score (nSPS) is 9.38. The molecule has 0 aliphatic heterocycles. The van der Waals surface area contributed by atoms with E-state index in [1.165, 1.54) is 0 Å². The fraction of sp³-hybridized carbons (Fsp3) is 0.222. The number of benzene rings is 1. The highest BCUT2D eigenvalue weighted by Gasteiger charge is 2.02. The lowest BCUT2D eigenvalue weighted by Crippen LogP contribution is -2.11. The molecule has 1 N–H and O–H groups in total. The molecule has 0 bridgehead atoms. The predicted molar refractivity (Wildman–Crippen MR) is 50.9 cm³/mol. The molecule has 0 aliphatic rings. The first-order valence-electron chi connectivity index (χ1n) is 3.91. The van der Waals surface area contributed by atoms with Crippen molar-refractivity contribution >= 4 is 17.7 Å². The zero-order valence-corrected chi connectivity index (χ0v) is 7.97. The minimum Gasteiger partial charge on any atom is -0.494 e. The van der Waals surface area contributed by atoms with Gasteiger partial charge in [-0.3, -0.25) is 9.63 Å². The van der Waals surface area contributed by atoms with Crippen LogP contribution in [0.15, 0.2) is 24.3 Å². The maximum absolute atomic E-state index is 11.0. The first kappa shape index (κ1) is 9.86. The van der Waals surface area contributed by atoms with Gasteiger partial charge < -0.3 is 4.74 Å². The molecule has 0 atom stereocenters. The van der Waals surface area contributed by atoms with Gasteiger partial charge in [-0.05, 0) is 31.2 Å². The fourth-order valence-corrected chi connectivity index (χ4v) is 1.03. The summed E-state index contributed by atoms with van der Waals surface area (Å²) in [5.74, 6) is 0.429. The van der Waals surface area contributed by atoms with Gasteiger partial charge in [0.15, 0.2) is 0 Å². The van der Waals surface area contributed by atoms with Gasteiger partial charge in [0.25, 0.3) is 5.91 Å². The maximum atomic E-state index is 11.0. The molecule has 1 aromatic carbocycles. The van der Waals surface area contributed by atoms with Crippen LogP contribution in [0.1, 0.15) is 17.3 Å². The van der Waals surface area contributed by atoms with Gasteiger partial charge >= 0.3 is 0 Å². The molecule has 0 spiro atoms. The van der Waals surface area contributed by atoms with Crippen LogP contribution in [0.4, 0.5) is 0 Å². The first-order chi connectivity index (χ1) is 6.27. The summed E-state index contributed by atoms with van der Waals surface area (Å²) in [7, 11) is 0. The second-order valence-corrected chi connectivity index (χ2v) is 2.57. The quantitative estimate of drug-likeness (QED) is 0.756. The molecular weight excluding hydrogens is 190 g/mol. The van der Waals surface area contributed by atoms with E-state index in [2.05, 4.69) is 0 Å². The smallest absolute Gasteiger partial charge is 0.265 e. The van der Waals surface area contributed by atoms with Gasteiger partial charge in [-0.25, -0.2) is 0 Å². The predicted octanol–water partition coefficient (Wildman–Crippen LogP) is 1.97. The summed E-state index contributed by atoms with van der Waals surface area (Å²) in [6, 6.07) is 6.77. The highest BCUT2D eigenvalue weighted by molar-refractivity contribution is 6.24. The van der Waals surface area contributed by atoms with Crippen molar-refractivity contribution in [3.63, 3.8) is 0 Å². The molecule has 1 aromatic rings. The molecular formula is C9H10ClNO2. The van der Waals surface area contributed by atoms with Gasteiger partial charge in [0.2, 0.25) is 0 Å². The van der Waals surface area contributed by atoms with Crippen molar-refractivity contribution in [3.05, 3.63) is 29.8 Å². The van der Waals surface area contributed by atoms with Crippen LogP contribution < -0.4 is 9.57 Å². The minimum absolute atomic E-state index is 0.315. The summed E-state index contributed by atoms with van der Waals surface area (Å²) in [6.07, 6.45) is 0. The average Bonchev–Trinajstić information content (AvgIpc) is 2.18. The number of halogens is 1. The Morgan fingerprint density at radius 1 is 1.46 bits per heavy atom. The molecule has 0 fully saturated rings. The number of ether oxygens (including phenoxy) is 1. The van der Waals surface area contributed by atoms with Crippen LogP contribution >= 0.6 is 11.8 Å². The van der Waals surface area contributed by atoms with Crippen molar-refractivity contribution in [2.24, 2.45) is 0 Å². The topological polar surface area (TPSA) is 38.3 Å². The van der Waals surface area contributed by atoms with E-state index in [9.17, 15) is 4.79 Å². The van der Waals surface area contributed by atoms with Crippen LogP contribution in [0.3, 0.4) is 0 Å². The zero-order chi connectivity index (χ0) is 9.68. The van der Waals surface area contributed by atoms with Crippen molar-refractivity contribution in [1.29, 1.82) is 0 Å². The van der Waals surface area contributed by atoms with Crippen molar-refractivity contribution in [2.75, 3.05) is 6.61 Å². The molecule has 0 heterocycles. The largest absolute Gasteiger partial charge is 0.494 e. The van der Waals surface area contributed by atoms with Crippen molar-refractivity contribution in [2.45, 2.75) is 6.92 Å². The Morgan fingerprint density at radius 2 is 2.08 bits per heavy atom. The van der Waals surface area contributed by atoms with Gasteiger partial charge in [0.05, 0.1) is 6.61 Å². The minimum atomic E-state index is -0.315. The number of hydrogen-bond acceptors (Lipinski definition) is 2. The maximum Gasteiger partial charge on any atom is 0.265 e. The van der Waals surface area contributed by atoms with E-state index in [0.29, 0.717) is 12.2 Å². The van der Waals surface area contributed by atoms with Crippen LogP contribution in [0.25, 0.3) is 0 Å². The standard InChI is InChI=1S/C9H10ClNO2/c1-2-13-8-5-3-7(4-6-8)9(12)11-10/h3-6H,2H2,1H3,(H,11,12). The van der Waals surface area contributed by atoms with E-state index in [4.69, 9.17) is 16.5 Å². The van der Waals surface area contributed by atoms with Crippen molar-refractivity contribution in [1.82, 2.24) is 4.84 Å².